The van der Waals surface area contributed by atoms with Crippen LogP contribution in [0.25, 0.3) is 0 Å². The Hall–Kier alpha value is -1.35. The molecule has 0 aliphatic carbocycles. The standard InChI is InChI=1S/C15H21NO2/c1-4-15(18)10-16(11-15)13(17)14(2,3)12-8-6-5-7-9-12/h5-9,18H,4,10-11H2,1-3H3. The van der Waals surface area contributed by atoms with E-state index in [1.54, 1.807) is 4.90 Å². The predicted molar refractivity (Wildman–Crippen MR) is 71.3 cm³/mol. The third-order valence-electron chi connectivity index (χ3n) is 3.95. The number of aliphatic hydroxyl groups is 1. The van der Waals surface area contributed by atoms with Gasteiger partial charge in [0.25, 0.3) is 0 Å². The Kier molecular flexibility index (Phi) is 3.20. The molecule has 0 atom stereocenters. The Morgan fingerprint density at radius 1 is 1.33 bits per heavy atom. The van der Waals surface area contributed by atoms with Gasteiger partial charge < -0.3 is 10.0 Å². The Labute approximate surface area is 108 Å². The highest BCUT2D eigenvalue weighted by molar-refractivity contribution is 5.88. The van der Waals surface area contributed by atoms with Gasteiger partial charge in [0.05, 0.1) is 24.1 Å². The number of amides is 1. The number of nitrogens with zero attached hydrogens (tertiary/aromatic N) is 1. The van der Waals surface area contributed by atoms with Crippen molar-refractivity contribution in [2.75, 3.05) is 13.1 Å². The van der Waals surface area contributed by atoms with Crippen molar-refractivity contribution in [3.05, 3.63) is 35.9 Å². The van der Waals surface area contributed by atoms with Gasteiger partial charge in [-0.2, -0.15) is 0 Å². The fourth-order valence-corrected chi connectivity index (χ4v) is 2.41. The van der Waals surface area contributed by atoms with Gasteiger partial charge in [-0.25, -0.2) is 0 Å². The van der Waals surface area contributed by atoms with Crippen molar-refractivity contribution >= 4 is 5.91 Å². The number of likely N-dealkylation sites (tertiary alicyclic amines) is 1. The molecule has 1 aliphatic heterocycles. The second kappa shape index (κ2) is 4.39. The lowest BCUT2D eigenvalue weighted by atomic mass is 9.80. The zero-order chi connectivity index (χ0) is 13.4. The summed E-state index contributed by atoms with van der Waals surface area (Å²) in [6.45, 7) is 6.74. The van der Waals surface area contributed by atoms with E-state index in [0.717, 1.165) is 5.56 Å². The molecule has 1 amide bonds. The number of benzene rings is 1. The van der Waals surface area contributed by atoms with Crippen molar-refractivity contribution in [2.24, 2.45) is 0 Å². The number of carbonyl (C=O) groups excluding carboxylic acids is 1. The molecule has 0 radical (unpaired) electrons. The molecule has 0 spiro atoms. The van der Waals surface area contributed by atoms with Crippen LogP contribution in [-0.4, -0.2) is 34.6 Å². The van der Waals surface area contributed by atoms with Crippen LogP contribution in [0.3, 0.4) is 0 Å². The van der Waals surface area contributed by atoms with Gasteiger partial charge in [-0.15, -0.1) is 0 Å². The zero-order valence-electron chi connectivity index (χ0n) is 11.3. The molecule has 2 rings (SSSR count). The summed E-state index contributed by atoms with van der Waals surface area (Å²) >= 11 is 0. The smallest absolute Gasteiger partial charge is 0.232 e. The molecular weight excluding hydrogens is 226 g/mol. The summed E-state index contributed by atoms with van der Waals surface area (Å²) in [7, 11) is 0. The number of β-amino-alcohol motifs (C(OH)–C–C–N with tert-alkyl or cyclic N) is 1. The first kappa shape index (κ1) is 13.1. The molecule has 1 N–H and O–H groups in total. The minimum absolute atomic E-state index is 0.0897. The summed E-state index contributed by atoms with van der Waals surface area (Å²) in [4.78, 5) is 14.2. The maximum atomic E-state index is 12.5. The van der Waals surface area contributed by atoms with Crippen LogP contribution in [0.5, 0.6) is 0 Å². The van der Waals surface area contributed by atoms with Crippen LogP contribution in [0, 0.1) is 0 Å². The van der Waals surface area contributed by atoms with E-state index in [1.807, 2.05) is 51.1 Å². The van der Waals surface area contributed by atoms with Crippen molar-refractivity contribution in [1.29, 1.82) is 0 Å². The van der Waals surface area contributed by atoms with Crippen LogP contribution in [0.1, 0.15) is 32.8 Å². The van der Waals surface area contributed by atoms with Crippen molar-refractivity contribution in [1.82, 2.24) is 4.90 Å². The maximum absolute atomic E-state index is 12.5. The summed E-state index contributed by atoms with van der Waals surface area (Å²) in [5, 5.41) is 9.98. The molecule has 3 heteroatoms. The van der Waals surface area contributed by atoms with Crippen LogP contribution in [-0.2, 0) is 10.2 Å². The van der Waals surface area contributed by atoms with E-state index in [-0.39, 0.29) is 5.91 Å². The quantitative estimate of drug-likeness (QED) is 0.887. The molecule has 1 heterocycles. The number of rotatable bonds is 3. The van der Waals surface area contributed by atoms with Gasteiger partial charge in [-0.3, -0.25) is 4.79 Å². The molecule has 1 fully saturated rings. The van der Waals surface area contributed by atoms with E-state index in [9.17, 15) is 9.90 Å². The first-order valence-corrected chi connectivity index (χ1v) is 6.46. The van der Waals surface area contributed by atoms with Crippen LogP contribution in [0.4, 0.5) is 0 Å². The number of hydrogen-bond acceptors (Lipinski definition) is 2. The average molecular weight is 247 g/mol. The van der Waals surface area contributed by atoms with Crippen molar-refractivity contribution < 1.29 is 9.90 Å². The minimum Gasteiger partial charge on any atom is -0.386 e. The molecule has 18 heavy (non-hydrogen) atoms. The maximum Gasteiger partial charge on any atom is 0.232 e. The summed E-state index contributed by atoms with van der Waals surface area (Å²) in [6, 6.07) is 9.79. The predicted octanol–water partition coefficient (Wildman–Crippen LogP) is 1.95. The summed E-state index contributed by atoms with van der Waals surface area (Å²) < 4.78 is 0. The Bertz CT molecular complexity index is 433. The SMILES string of the molecule is CCC1(O)CN(C(=O)C(C)(C)c2ccccc2)C1. The minimum atomic E-state index is -0.664. The Morgan fingerprint density at radius 2 is 1.89 bits per heavy atom. The number of hydrogen-bond donors (Lipinski definition) is 1. The molecule has 1 aliphatic rings. The van der Waals surface area contributed by atoms with E-state index in [4.69, 9.17) is 0 Å². The first-order valence-electron chi connectivity index (χ1n) is 6.46. The molecular formula is C15H21NO2. The van der Waals surface area contributed by atoms with Crippen molar-refractivity contribution in [3.8, 4) is 0 Å². The third-order valence-corrected chi connectivity index (χ3v) is 3.95. The van der Waals surface area contributed by atoms with Gasteiger partial charge in [-0.1, -0.05) is 37.3 Å². The lowest BCUT2D eigenvalue weighted by Crippen LogP contribution is -2.65. The molecule has 1 saturated heterocycles. The van der Waals surface area contributed by atoms with E-state index in [1.165, 1.54) is 0 Å². The molecule has 0 bridgehead atoms. The van der Waals surface area contributed by atoms with E-state index in [0.29, 0.717) is 19.5 Å². The Morgan fingerprint density at radius 3 is 2.39 bits per heavy atom. The van der Waals surface area contributed by atoms with Crippen LogP contribution in [0.15, 0.2) is 30.3 Å². The first-order chi connectivity index (χ1) is 8.39. The van der Waals surface area contributed by atoms with Gasteiger partial charge in [0.15, 0.2) is 0 Å². The topological polar surface area (TPSA) is 40.5 Å². The van der Waals surface area contributed by atoms with Crippen molar-refractivity contribution in [3.63, 3.8) is 0 Å². The highest BCUT2D eigenvalue weighted by atomic mass is 16.3. The van der Waals surface area contributed by atoms with Crippen molar-refractivity contribution in [2.45, 2.75) is 38.2 Å². The van der Waals surface area contributed by atoms with Gasteiger partial charge in [-0.05, 0) is 25.8 Å². The van der Waals surface area contributed by atoms with Crippen LogP contribution < -0.4 is 0 Å². The third kappa shape index (κ3) is 2.15. The molecule has 98 valence electrons. The molecule has 0 unspecified atom stereocenters. The van der Waals surface area contributed by atoms with E-state index >= 15 is 0 Å². The fraction of sp³-hybridized carbons (Fsp3) is 0.533. The van der Waals surface area contributed by atoms with Gasteiger partial charge >= 0.3 is 0 Å². The molecule has 0 aromatic heterocycles. The average Bonchev–Trinajstić information content (AvgIpc) is 2.35. The van der Waals surface area contributed by atoms with E-state index < -0.39 is 11.0 Å². The molecule has 1 aromatic rings. The highest BCUT2D eigenvalue weighted by Crippen LogP contribution is 2.31. The molecule has 0 saturated carbocycles. The monoisotopic (exact) mass is 247 g/mol. The zero-order valence-corrected chi connectivity index (χ0v) is 11.3. The van der Waals surface area contributed by atoms with Gasteiger partial charge in [0.1, 0.15) is 0 Å². The summed E-state index contributed by atoms with van der Waals surface area (Å²) in [5.74, 6) is 0.0897. The van der Waals surface area contributed by atoms with Gasteiger partial charge in [0, 0.05) is 0 Å². The lowest BCUT2D eigenvalue weighted by molar-refractivity contribution is -0.160. The van der Waals surface area contributed by atoms with E-state index in [2.05, 4.69) is 0 Å². The van der Waals surface area contributed by atoms with Gasteiger partial charge in [0.2, 0.25) is 5.91 Å². The molecule has 3 nitrogen and oxygen atoms in total. The number of carbonyl (C=O) groups is 1. The normalized spacial score (nSPS) is 18.3. The van der Waals surface area contributed by atoms with Crippen LogP contribution in [0.2, 0.25) is 0 Å². The largest absolute Gasteiger partial charge is 0.386 e. The molecule has 1 aromatic carbocycles. The second-order valence-corrected chi connectivity index (χ2v) is 5.73. The Balaban J connectivity index is 2.11. The lowest BCUT2D eigenvalue weighted by Gasteiger charge is -2.48. The summed E-state index contributed by atoms with van der Waals surface area (Å²) in [5.41, 5.74) is -0.180. The van der Waals surface area contributed by atoms with Crippen LogP contribution >= 0.6 is 0 Å². The highest BCUT2D eigenvalue weighted by Gasteiger charge is 2.46. The second-order valence-electron chi connectivity index (χ2n) is 5.73. The fourth-order valence-electron chi connectivity index (χ4n) is 2.41. The summed E-state index contributed by atoms with van der Waals surface area (Å²) in [6.07, 6.45) is 0.697.